The standard InChI is InChI=1S/C9H9IO3/c1-6-3-2-4-7(8(12)5-11)9(6)13-10/h2-4,11H,5H2,1H3. The summed E-state index contributed by atoms with van der Waals surface area (Å²) < 4.78 is 5.04. The Bertz CT molecular complexity index is 323. The van der Waals surface area contributed by atoms with Gasteiger partial charge in [0.1, 0.15) is 12.4 Å². The molecule has 0 aromatic heterocycles. The molecule has 3 nitrogen and oxygen atoms in total. The number of Topliss-reactive ketones (excluding diaryl/α,β-unsaturated/α-hetero) is 1. The number of aryl methyl sites for hydroxylation is 1. The van der Waals surface area contributed by atoms with E-state index in [0.29, 0.717) is 11.3 Å². The van der Waals surface area contributed by atoms with Crippen LogP contribution in [0.3, 0.4) is 0 Å². The molecule has 1 aromatic rings. The Labute approximate surface area is 90.4 Å². The average molecular weight is 292 g/mol. The Morgan fingerprint density at radius 3 is 2.85 bits per heavy atom. The molecule has 0 heterocycles. The summed E-state index contributed by atoms with van der Waals surface area (Å²) in [6.45, 7) is 1.36. The van der Waals surface area contributed by atoms with Crippen LogP contribution in [0.4, 0.5) is 0 Å². The van der Waals surface area contributed by atoms with Gasteiger partial charge in [-0.05, 0) is 18.6 Å². The second-order valence-electron chi connectivity index (χ2n) is 2.61. The van der Waals surface area contributed by atoms with E-state index >= 15 is 0 Å². The maximum Gasteiger partial charge on any atom is 0.192 e. The molecule has 0 unspecified atom stereocenters. The fourth-order valence-electron chi connectivity index (χ4n) is 1.06. The lowest BCUT2D eigenvalue weighted by Gasteiger charge is -2.06. The van der Waals surface area contributed by atoms with Gasteiger partial charge in [0.15, 0.2) is 28.8 Å². The first-order chi connectivity index (χ1) is 6.20. The molecule has 1 aromatic carbocycles. The highest BCUT2D eigenvalue weighted by Gasteiger charge is 2.12. The number of benzene rings is 1. The van der Waals surface area contributed by atoms with E-state index in [-0.39, 0.29) is 5.78 Å². The van der Waals surface area contributed by atoms with Crippen molar-refractivity contribution >= 4 is 28.8 Å². The Balaban J connectivity index is 3.20. The number of hydrogen-bond acceptors (Lipinski definition) is 3. The summed E-state index contributed by atoms with van der Waals surface area (Å²) in [7, 11) is 0. The molecule has 0 saturated carbocycles. The topological polar surface area (TPSA) is 46.5 Å². The number of carbonyl (C=O) groups excluding carboxylic acids is 1. The first-order valence-electron chi connectivity index (χ1n) is 3.73. The molecule has 0 radical (unpaired) electrons. The quantitative estimate of drug-likeness (QED) is 0.683. The van der Waals surface area contributed by atoms with E-state index < -0.39 is 6.61 Å². The highest BCUT2D eigenvalue weighted by atomic mass is 127. The maximum atomic E-state index is 11.2. The molecule has 0 spiro atoms. The molecule has 4 heteroatoms. The lowest BCUT2D eigenvalue weighted by atomic mass is 10.1. The molecule has 0 bridgehead atoms. The first kappa shape index (κ1) is 10.5. The molecule has 0 aliphatic heterocycles. The van der Waals surface area contributed by atoms with Crippen LogP contribution in [-0.4, -0.2) is 17.5 Å². The second kappa shape index (κ2) is 4.57. The zero-order chi connectivity index (χ0) is 9.84. The summed E-state index contributed by atoms with van der Waals surface area (Å²) >= 11 is 1.72. The number of hydrogen-bond donors (Lipinski definition) is 1. The van der Waals surface area contributed by atoms with E-state index in [1.807, 2.05) is 13.0 Å². The number of halogens is 1. The monoisotopic (exact) mass is 292 g/mol. The van der Waals surface area contributed by atoms with Crippen molar-refractivity contribution in [2.24, 2.45) is 0 Å². The first-order valence-corrected chi connectivity index (χ1v) is 4.61. The van der Waals surface area contributed by atoms with E-state index in [2.05, 4.69) is 0 Å². The number of ketones is 1. The van der Waals surface area contributed by atoms with E-state index in [0.717, 1.165) is 5.56 Å². The smallest absolute Gasteiger partial charge is 0.192 e. The summed E-state index contributed by atoms with van der Waals surface area (Å²) in [4.78, 5) is 11.2. The molecule has 1 rings (SSSR count). The molecule has 0 aliphatic carbocycles. The van der Waals surface area contributed by atoms with Gasteiger partial charge in [0.2, 0.25) is 0 Å². The zero-order valence-electron chi connectivity index (χ0n) is 7.08. The summed E-state index contributed by atoms with van der Waals surface area (Å²) in [5, 5.41) is 8.69. The molecular formula is C9H9IO3. The van der Waals surface area contributed by atoms with Crippen molar-refractivity contribution in [2.75, 3.05) is 6.61 Å². The third-order valence-electron chi connectivity index (χ3n) is 1.73. The summed E-state index contributed by atoms with van der Waals surface area (Å²) in [5.74, 6) is 0.206. The van der Waals surface area contributed by atoms with Crippen LogP contribution in [0.1, 0.15) is 15.9 Å². The van der Waals surface area contributed by atoms with Gasteiger partial charge in [-0.25, -0.2) is 0 Å². The van der Waals surface area contributed by atoms with Crippen molar-refractivity contribution in [1.29, 1.82) is 0 Å². The van der Waals surface area contributed by atoms with Crippen LogP contribution in [0.2, 0.25) is 0 Å². The number of aliphatic hydroxyl groups excluding tert-OH is 1. The van der Waals surface area contributed by atoms with Crippen LogP contribution >= 0.6 is 23.0 Å². The molecule has 13 heavy (non-hydrogen) atoms. The molecule has 0 fully saturated rings. The highest BCUT2D eigenvalue weighted by Crippen LogP contribution is 2.25. The summed E-state index contributed by atoms with van der Waals surface area (Å²) in [6.07, 6.45) is 0. The van der Waals surface area contributed by atoms with Gasteiger partial charge >= 0.3 is 0 Å². The van der Waals surface area contributed by atoms with Crippen molar-refractivity contribution in [1.82, 2.24) is 0 Å². The van der Waals surface area contributed by atoms with Crippen molar-refractivity contribution in [3.05, 3.63) is 29.3 Å². The number of carbonyl (C=O) groups is 1. The van der Waals surface area contributed by atoms with Gasteiger partial charge < -0.3 is 8.17 Å². The predicted octanol–water partition coefficient (Wildman–Crippen LogP) is 1.90. The summed E-state index contributed by atoms with van der Waals surface area (Å²) in [6, 6.07) is 5.25. The molecular weight excluding hydrogens is 283 g/mol. The van der Waals surface area contributed by atoms with Crippen molar-refractivity contribution in [2.45, 2.75) is 6.92 Å². The van der Waals surface area contributed by atoms with Crippen molar-refractivity contribution in [3.63, 3.8) is 0 Å². The third-order valence-corrected chi connectivity index (χ3v) is 2.17. The van der Waals surface area contributed by atoms with Gasteiger partial charge in [0, 0.05) is 0 Å². The van der Waals surface area contributed by atoms with E-state index in [1.54, 1.807) is 35.1 Å². The van der Waals surface area contributed by atoms with E-state index in [1.165, 1.54) is 0 Å². The number of para-hydroxylation sites is 1. The Morgan fingerprint density at radius 2 is 2.31 bits per heavy atom. The zero-order valence-corrected chi connectivity index (χ0v) is 9.24. The Kier molecular flexibility index (Phi) is 3.68. The fraction of sp³-hybridized carbons (Fsp3) is 0.222. The fourth-order valence-corrected chi connectivity index (χ4v) is 1.64. The largest absolute Gasteiger partial charge is 0.427 e. The van der Waals surface area contributed by atoms with Crippen LogP contribution in [0.15, 0.2) is 18.2 Å². The van der Waals surface area contributed by atoms with E-state index in [9.17, 15) is 4.79 Å². The van der Waals surface area contributed by atoms with Gasteiger partial charge in [-0.15, -0.1) is 0 Å². The van der Waals surface area contributed by atoms with Crippen molar-refractivity contribution in [3.8, 4) is 5.75 Å². The molecule has 0 atom stereocenters. The van der Waals surface area contributed by atoms with Gasteiger partial charge in [0.05, 0.1) is 5.56 Å². The van der Waals surface area contributed by atoms with Crippen molar-refractivity contribution < 1.29 is 13.0 Å². The normalized spacial score (nSPS) is 9.77. The molecule has 1 N–H and O–H groups in total. The van der Waals surface area contributed by atoms with Crippen LogP contribution in [0.5, 0.6) is 5.75 Å². The minimum Gasteiger partial charge on any atom is -0.427 e. The van der Waals surface area contributed by atoms with Gasteiger partial charge in [0.25, 0.3) is 0 Å². The highest BCUT2D eigenvalue weighted by molar-refractivity contribution is 14.1. The van der Waals surface area contributed by atoms with Crippen LogP contribution in [0, 0.1) is 6.92 Å². The lowest BCUT2D eigenvalue weighted by molar-refractivity contribution is 0.0902. The van der Waals surface area contributed by atoms with Gasteiger partial charge in [-0.1, -0.05) is 12.1 Å². The third kappa shape index (κ3) is 2.19. The molecule has 0 aliphatic rings. The van der Waals surface area contributed by atoms with Crippen LogP contribution < -0.4 is 3.07 Å². The second-order valence-corrected chi connectivity index (χ2v) is 3.05. The molecule has 70 valence electrons. The van der Waals surface area contributed by atoms with Crippen LogP contribution in [0.25, 0.3) is 0 Å². The minimum atomic E-state index is -0.490. The average Bonchev–Trinajstić information content (AvgIpc) is 2.16. The van der Waals surface area contributed by atoms with Gasteiger partial charge in [-0.2, -0.15) is 0 Å². The van der Waals surface area contributed by atoms with Crippen LogP contribution in [-0.2, 0) is 0 Å². The Morgan fingerprint density at radius 1 is 1.62 bits per heavy atom. The molecule has 0 amide bonds. The van der Waals surface area contributed by atoms with Gasteiger partial charge in [-0.3, -0.25) is 4.79 Å². The Hall–Kier alpha value is -0.620. The molecule has 0 saturated heterocycles. The van der Waals surface area contributed by atoms with E-state index in [4.69, 9.17) is 8.17 Å². The lowest BCUT2D eigenvalue weighted by Crippen LogP contribution is -2.06. The number of rotatable bonds is 3. The minimum absolute atomic E-state index is 0.324. The summed E-state index contributed by atoms with van der Waals surface area (Å²) in [5.41, 5.74) is 1.31. The number of aliphatic hydroxyl groups is 1. The maximum absolute atomic E-state index is 11.2. The predicted molar refractivity (Wildman–Crippen MR) is 57.2 cm³/mol. The SMILES string of the molecule is Cc1cccc(C(=O)CO)c1OI.